The van der Waals surface area contributed by atoms with Crippen molar-refractivity contribution in [1.29, 1.82) is 0 Å². The summed E-state index contributed by atoms with van der Waals surface area (Å²) >= 11 is 0. The highest BCUT2D eigenvalue weighted by Gasteiger charge is 2.31. The van der Waals surface area contributed by atoms with Crippen molar-refractivity contribution in [3.05, 3.63) is 48.0 Å². The zero-order chi connectivity index (χ0) is 25.0. The number of ether oxygens (including phenoxy) is 2. The van der Waals surface area contributed by atoms with Gasteiger partial charge >= 0.3 is 0 Å². The first kappa shape index (κ1) is 24.8. The highest BCUT2D eigenvalue weighted by Crippen LogP contribution is 2.35. The van der Waals surface area contributed by atoms with Gasteiger partial charge in [-0.05, 0) is 44.0 Å². The highest BCUT2D eigenvalue weighted by atomic mass is 32.2. The minimum Gasteiger partial charge on any atom is -0.486 e. The molecule has 0 radical (unpaired) electrons. The standard InChI is InChI=1S/C25H31N3O6S/c1-18(28(35(2,31)32)19-11-12-22-23(17-19)34-16-15-33-22)24(29)26-21-10-6-5-9-20(21)25(30)27-13-7-3-4-8-14-27/h5-6,9-12,17-18H,3-4,7-8,13-16H2,1-2H3,(H,26,29)/t18-/m0/s1. The number of anilines is 2. The minimum atomic E-state index is -3.83. The molecule has 1 N–H and O–H groups in total. The molecule has 0 unspecified atom stereocenters. The molecule has 0 aliphatic carbocycles. The number of hydrogen-bond donors (Lipinski definition) is 1. The fourth-order valence-electron chi connectivity index (χ4n) is 4.44. The van der Waals surface area contributed by atoms with Gasteiger partial charge in [0.2, 0.25) is 15.9 Å². The van der Waals surface area contributed by atoms with E-state index in [9.17, 15) is 18.0 Å². The smallest absolute Gasteiger partial charge is 0.255 e. The predicted octanol–water partition coefficient (Wildman–Crippen LogP) is 3.27. The number of carbonyl (C=O) groups is 2. The summed E-state index contributed by atoms with van der Waals surface area (Å²) in [5.41, 5.74) is 1.03. The monoisotopic (exact) mass is 501 g/mol. The molecule has 2 amide bonds. The molecule has 2 aromatic rings. The molecule has 1 atom stereocenters. The second kappa shape index (κ2) is 10.6. The number of amides is 2. The Kier molecular flexibility index (Phi) is 7.49. The largest absolute Gasteiger partial charge is 0.486 e. The normalized spacial score (nSPS) is 16.7. The number of rotatable bonds is 6. The molecule has 0 saturated carbocycles. The number of benzene rings is 2. The Morgan fingerprint density at radius 2 is 1.63 bits per heavy atom. The van der Waals surface area contributed by atoms with E-state index in [1.807, 2.05) is 4.90 Å². The van der Waals surface area contributed by atoms with Crippen LogP contribution in [-0.4, -0.2) is 63.7 Å². The molecule has 2 heterocycles. The maximum absolute atomic E-state index is 13.3. The molecular weight excluding hydrogens is 470 g/mol. The van der Waals surface area contributed by atoms with Gasteiger partial charge in [-0.25, -0.2) is 8.42 Å². The maximum Gasteiger partial charge on any atom is 0.255 e. The predicted molar refractivity (Wildman–Crippen MR) is 134 cm³/mol. The number of carbonyl (C=O) groups excluding carboxylic acids is 2. The van der Waals surface area contributed by atoms with Crippen molar-refractivity contribution in [2.24, 2.45) is 0 Å². The number of sulfonamides is 1. The van der Waals surface area contributed by atoms with Crippen LogP contribution in [0.25, 0.3) is 0 Å². The van der Waals surface area contributed by atoms with Crippen molar-refractivity contribution < 1.29 is 27.5 Å². The quantitative estimate of drug-likeness (QED) is 0.651. The first-order valence-electron chi connectivity index (χ1n) is 11.8. The zero-order valence-electron chi connectivity index (χ0n) is 20.0. The molecule has 35 heavy (non-hydrogen) atoms. The molecule has 2 aromatic carbocycles. The van der Waals surface area contributed by atoms with Crippen LogP contribution in [0.4, 0.5) is 11.4 Å². The molecule has 2 aliphatic heterocycles. The first-order chi connectivity index (χ1) is 16.8. The topological polar surface area (TPSA) is 105 Å². The molecule has 1 saturated heterocycles. The Morgan fingerprint density at radius 3 is 2.31 bits per heavy atom. The van der Waals surface area contributed by atoms with E-state index in [0.29, 0.717) is 49.1 Å². The van der Waals surface area contributed by atoms with Crippen molar-refractivity contribution >= 4 is 33.2 Å². The number of para-hydroxylation sites is 1. The van der Waals surface area contributed by atoms with Gasteiger partial charge in [-0.2, -0.15) is 0 Å². The fourth-order valence-corrected chi connectivity index (χ4v) is 5.60. The molecule has 10 heteroatoms. The van der Waals surface area contributed by atoms with E-state index in [0.717, 1.165) is 36.2 Å². The summed E-state index contributed by atoms with van der Waals surface area (Å²) in [6, 6.07) is 10.5. The molecule has 0 aromatic heterocycles. The van der Waals surface area contributed by atoms with Gasteiger partial charge in [0.05, 0.1) is 23.2 Å². The van der Waals surface area contributed by atoms with E-state index in [1.54, 1.807) is 42.5 Å². The summed E-state index contributed by atoms with van der Waals surface area (Å²) in [5.74, 6) is 0.249. The van der Waals surface area contributed by atoms with Crippen molar-refractivity contribution in [1.82, 2.24) is 4.90 Å². The van der Waals surface area contributed by atoms with Gasteiger partial charge in [0.1, 0.15) is 19.3 Å². The molecule has 2 aliphatic rings. The fraction of sp³-hybridized carbons (Fsp3) is 0.440. The van der Waals surface area contributed by atoms with Crippen molar-refractivity contribution in [2.45, 2.75) is 38.6 Å². The Labute approximate surface area is 206 Å². The SMILES string of the molecule is C[C@@H](C(=O)Nc1ccccc1C(=O)N1CCCCCC1)N(c1ccc2c(c1)OCCO2)S(C)(=O)=O. The summed E-state index contributed by atoms with van der Waals surface area (Å²) in [6.45, 7) is 3.64. The van der Waals surface area contributed by atoms with Crippen LogP contribution in [0.2, 0.25) is 0 Å². The van der Waals surface area contributed by atoms with Crippen LogP contribution in [0, 0.1) is 0 Å². The lowest BCUT2D eigenvalue weighted by Crippen LogP contribution is -2.45. The lowest BCUT2D eigenvalue weighted by molar-refractivity contribution is -0.116. The Hall–Kier alpha value is -3.27. The average molecular weight is 502 g/mol. The number of fused-ring (bicyclic) bond motifs is 1. The molecule has 9 nitrogen and oxygen atoms in total. The number of nitrogens with one attached hydrogen (secondary N) is 1. The first-order valence-corrected chi connectivity index (χ1v) is 13.7. The molecule has 0 spiro atoms. The van der Waals surface area contributed by atoms with E-state index < -0.39 is 22.0 Å². The van der Waals surface area contributed by atoms with Crippen LogP contribution in [0.3, 0.4) is 0 Å². The van der Waals surface area contributed by atoms with Crippen LogP contribution in [-0.2, 0) is 14.8 Å². The Bertz CT molecular complexity index is 1190. The van der Waals surface area contributed by atoms with Crippen LogP contribution in [0.5, 0.6) is 11.5 Å². The van der Waals surface area contributed by atoms with Gasteiger partial charge in [-0.3, -0.25) is 13.9 Å². The van der Waals surface area contributed by atoms with Gasteiger partial charge in [-0.15, -0.1) is 0 Å². The number of hydrogen-bond acceptors (Lipinski definition) is 6. The van der Waals surface area contributed by atoms with E-state index in [1.165, 1.54) is 6.92 Å². The van der Waals surface area contributed by atoms with Crippen molar-refractivity contribution in [3.63, 3.8) is 0 Å². The molecule has 4 rings (SSSR count). The van der Waals surface area contributed by atoms with Crippen molar-refractivity contribution in [3.8, 4) is 11.5 Å². The third-order valence-corrected chi connectivity index (χ3v) is 7.42. The third-order valence-electron chi connectivity index (χ3n) is 6.18. The van der Waals surface area contributed by atoms with E-state index in [-0.39, 0.29) is 11.6 Å². The summed E-state index contributed by atoms with van der Waals surface area (Å²) in [7, 11) is -3.83. The van der Waals surface area contributed by atoms with Crippen LogP contribution < -0.4 is 19.1 Å². The Balaban J connectivity index is 1.57. The third kappa shape index (κ3) is 5.70. The van der Waals surface area contributed by atoms with Gasteiger partial charge < -0.3 is 19.7 Å². The maximum atomic E-state index is 13.3. The van der Waals surface area contributed by atoms with Crippen LogP contribution >= 0.6 is 0 Å². The molecule has 0 bridgehead atoms. The lowest BCUT2D eigenvalue weighted by Gasteiger charge is -2.29. The summed E-state index contributed by atoms with van der Waals surface area (Å²) in [5, 5.41) is 2.78. The van der Waals surface area contributed by atoms with E-state index >= 15 is 0 Å². The van der Waals surface area contributed by atoms with Gasteiger partial charge in [-0.1, -0.05) is 25.0 Å². The summed E-state index contributed by atoms with van der Waals surface area (Å²) in [4.78, 5) is 28.3. The number of nitrogens with zero attached hydrogens (tertiary/aromatic N) is 2. The highest BCUT2D eigenvalue weighted by molar-refractivity contribution is 7.92. The van der Waals surface area contributed by atoms with Crippen molar-refractivity contribution in [2.75, 3.05) is 42.2 Å². The number of likely N-dealkylation sites (tertiary alicyclic amines) is 1. The second-order valence-corrected chi connectivity index (χ2v) is 10.7. The molecule has 1 fully saturated rings. The lowest BCUT2D eigenvalue weighted by atomic mass is 10.1. The van der Waals surface area contributed by atoms with E-state index in [2.05, 4.69) is 5.32 Å². The van der Waals surface area contributed by atoms with E-state index in [4.69, 9.17) is 9.47 Å². The summed E-state index contributed by atoms with van der Waals surface area (Å²) < 4.78 is 37.6. The van der Waals surface area contributed by atoms with Crippen LogP contribution in [0.1, 0.15) is 43.0 Å². The molecular formula is C25H31N3O6S. The van der Waals surface area contributed by atoms with Crippen LogP contribution in [0.15, 0.2) is 42.5 Å². The summed E-state index contributed by atoms with van der Waals surface area (Å²) in [6.07, 6.45) is 5.15. The zero-order valence-corrected chi connectivity index (χ0v) is 20.8. The average Bonchev–Trinajstić information content (AvgIpc) is 3.13. The van der Waals surface area contributed by atoms with Gasteiger partial charge in [0, 0.05) is 19.2 Å². The second-order valence-electron chi connectivity index (χ2n) is 8.80. The Morgan fingerprint density at radius 1 is 0.971 bits per heavy atom. The minimum absolute atomic E-state index is 0.137. The van der Waals surface area contributed by atoms with Gasteiger partial charge in [0.25, 0.3) is 5.91 Å². The molecule has 188 valence electrons. The van der Waals surface area contributed by atoms with Gasteiger partial charge in [0.15, 0.2) is 11.5 Å².